The van der Waals surface area contributed by atoms with Crippen molar-refractivity contribution in [3.8, 4) is 11.3 Å². The van der Waals surface area contributed by atoms with Crippen LogP contribution in [0.5, 0.6) is 0 Å². The molecular weight excluding hydrogens is 188 g/mol. The van der Waals surface area contributed by atoms with E-state index < -0.39 is 0 Å². The van der Waals surface area contributed by atoms with E-state index in [1.807, 2.05) is 36.4 Å². The fraction of sp³-hybridized carbons (Fsp3) is 0.0833. The summed E-state index contributed by atoms with van der Waals surface area (Å²) in [5, 5.41) is 0. The number of rotatable bonds is 3. The van der Waals surface area contributed by atoms with Crippen molar-refractivity contribution in [1.82, 2.24) is 4.98 Å². The molecule has 0 atom stereocenters. The van der Waals surface area contributed by atoms with Gasteiger partial charge in [0.05, 0.1) is 0 Å². The molecule has 3 nitrogen and oxygen atoms in total. The Morgan fingerprint density at radius 2 is 2.27 bits per heavy atom. The Kier molecular flexibility index (Phi) is 2.95. The minimum absolute atomic E-state index is 0.517. The quantitative estimate of drug-likeness (QED) is 0.827. The smallest absolute Gasteiger partial charge is 0.136 e. The molecule has 0 aliphatic carbocycles. The van der Waals surface area contributed by atoms with E-state index in [-0.39, 0.29) is 0 Å². The van der Waals surface area contributed by atoms with Crippen LogP contribution in [0.4, 0.5) is 0 Å². The van der Waals surface area contributed by atoms with E-state index in [9.17, 15) is 0 Å². The molecule has 15 heavy (non-hydrogen) atoms. The Balaban J connectivity index is 2.24. The van der Waals surface area contributed by atoms with E-state index in [1.54, 1.807) is 12.4 Å². The third-order valence-corrected chi connectivity index (χ3v) is 1.99. The SMILES string of the molecule is NCC=Cc1ccc(-c2cccnc2)o1. The molecule has 2 N–H and O–H groups in total. The van der Waals surface area contributed by atoms with Gasteiger partial charge in [-0.15, -0.1) is 0 Å². The van der Waals surface area contributed by atoms with Crippen LogP contribution in [0.2, 0.25) is 0 Å². The molecule has 76 valence electrons. The molecule has 2 aromatic rings. The third kappa shape index (κ3) is 2.33. The van der Waals surface area contributed by atoms with Gasteiger partial charge in [0.25, 0.3) is 0 Å². The maximum absolute atomic E-state index is 5.59. The predicted octanol–water partition coefficient (Wildman–Crippen LogP) is 2.31. The number of hydrogen-bond donors (Lipinski definition) is 1. The number of nitrogens with zero attached hydrogens (tertiary/aromatic N) is 1. The molecule has 0 aliphatic heterocycles. The molecule has 0 saturated heterocycles. The average molecular weight is 200 g/mol. The fourth-order valence-corrected chi connectivity index (χ4v) is 1.29. The van der Waals surface area contributed by atoms with Gasteiger partial charge in [-0.1, -0.05) is 6.08 Å². The first-order valence-electron chi connectivity index (χ1n) is 4.77. The molecule has 0 radical (unpaired) electrons. The fourth-order valence-electron chi connectivity index (χ4n) is 1.29. The largest absolute Gasteiger partial charge is 0.457 e. The second kappa shape index (κ2) is 4.57. The van der Waals surface area contributed by atoms with Crippen molar-refractivity contribution in [3.63, 3.8) is 0 Å². The number of furan rings is 1. The van der Waals surface area contributed by atoms with Crippen molar-refractivity contribution in [2.75, 3.05) is 6.54 Å². The molecular formula is C12H12N2O. The molecule has 0 aromatic carbocycles. The van der Waals surface area contributed by atoms with Crippen LogP contribution in [0, 0.1) is 0 Å². The van der Waals surface area contributed by atoms with Crippen LogP contribution in [0.3, 0.4) is 0 Å². The van der Waals surface area contributed by atoms with Crippen molar-refractivity contribution < 1.29 is 4.42 Å². The highest BCUT2D eigenvalue weighted by Crippen LogP contribution is 2.21. The lowest BCUT2D eigenvalue weighted by Crippen LogP contribution is -1.91. The zero-order valence-corrected chi connectivity index (χ0v) is 8.26. The number of nitrogens with two attached hydrogens (primary N) is 1. The van der Waals surface area contributed by atoms with Crippen molar-refractivity contribution in [2.45, 2.75) is 0 Å². The Morgan fingerprint density at radius 1 is 1.33 bits per heavy atom. The average Bonchev–Trinajstić information content (AvgIpc) is 2.76. The minimum Gasteiger partial charge on any atom is -0.457 e. The van der Waals surface area contributed by atoms with Crippen LogP contribution in [0.15, 0.2) is 47.2 Å². The van der Waals surface area contributed by atoms with Gasteiger partial charge in [-0.3, -0.25) is 4.98 Å². The van der Waals surface area contributed by atoms with Gasteiger partial charge in [0.15, 0.2) is 0 Å². The van der Waals surface area contributed by atoms with Crippen molar-refractivity contribution in [1.29, 1.82) is 0 Å². The summed E-state index contributed by atoms with van der Waals surface area (Å²) in [6.07, 6.45) is 7.22. The normalized spacial score (nSPS) is 11.0. The zero-order chi connectivity index (χ0) is 10.5. The van der Waals surface area contributed by atoms with Gasteiger partial charge in [0, 0.05) is 24.5 Å². The van der Waals surface area contributed by atoms with Gasteiger partial charge in [0.2, 0.25) is 0 Å². The molecule has 3 heteroatoms. The number of aromatic nitrogens is 1. The van der Waals surface area contributed by atoms with Crippen molar-refractivity contribution in [2.24, 2.45) is 5.73 Å². The zero-order valence-electron chi connectivity index (χ0n) is 8.26. The van der Waals surface area contributed by atoms with Crippen molar-refractivity contribution in [3.05, 3.63) is 48.5 Å². The summed E-state index contributed by atoms with van der Waals surface area (Å²) in [6.45, 7) is 0.517. The first-order valence-corrected chi connectivity index (χ1v) is 4.77. The second-order valence-electron chi connectivity index (χ2n) is 3.08. The lowest BCUT2D eigenvalue weighted by Gasteiger charge is -1.93. The van der Waals surface area contributed by atoms with Crippen LogP contribution < -0.4 is 5.73 Å². The summed E-state index contributed by atoms with van der Waals surface area (Å²) < 4.78 is 5.59. The van der Waals surface area contributed by atoms with E-state index in [2.05, 4.69) is 4.98 Å². The van der Waals surface area contributed by atoms with E-state index >= 15 is 0 Å². The molecule has 2 aromatic heterocycles. The van der Waals surface area contributed by atoms with Gasteiger partial charge >= 0.3 is 0 Å². The summed E-state index contributed by atoms with van der Waals surface area (Å²) in [5.41, 5.74) is 6.33. The van der Waals surface area contributed by atoms with Crippen molar-refractivity contribution >= 4 is 6.08 Å². The van der Waals surface area contributed by atoms with Crippen LogP contribution in [-0.4, -0.2) is 11.5 Å². The van der Waals surface area contributed by atoms with Crippen LogP contribution in [-0.2, 0) is 0 Å². The van der Waals surface area contributed by atoms with Crippen LogP contribution in [0.1, 0.15) is 5.76 Å². The molecule has 2 rings (SSSR count). The van der Waals surface area contributed by atoms with E-state index in [1.165, 1.54) is 0 Å². The third-order valence-electron chi connectivity index (χ3n) is 1.99. The Morgan fingerprint density at radius 3 is 3.00 bits per heavy atom. The van der Waals surface area contributed by atoms with E-state index in [0.29, 0.717) is 6.54 Å². The first kappa shape index (κ1) is 9.68. The second-order valence-corrected chi connectivity index (χ2v) is 3.08. The van der Waals surface area contributed by atoms with Crippen LogP contribution in [0.25, 0.3) is 17.4 Å². The molecule has 0 saturated carbocycles. The molecule has 0 amide bonds. The van der Waals surface area contributed by atoms with Gasteiger partial charge in [0.1, 0.15) is 11.5 Å². The van der Waals surface area contributed by atoms with E-state index in [0.717, 1.165) is 17.1 Å². The maximum Gasteiger partial charge on any atom is 0.136 e. The van der Waals surface area contributed by atoms with Gasteiger partial charge in [-0.2, -0.15) is 0 Å². The summed E-state index contributed by atoms with van der Waals surface area (Å²) in [7, 11) is 0. The number of hydrogen-bond acceptors (Lipinski definition) is 3. The maximum atomic E-state index is 5.59. The summed E-state index contributed by atoms with van der Waals surface area (Å²) in [5.74, 6) is 1.62. The Labute approximate surface area is 88.2 Å². The molecule has 0 bridgehead atoms. The highest BCUT2D eigenvalue weighted by atomic mass is 16.3. The summed E-state index contributed by atoms with van der Waals surface area (Å²) >= 11 is 0. The molecule has 0 spiro atoms. The molecule has 2 heterocycles. The standard InChI is InChI=1S/C12H12N2O/c13-7-1-4-11-5-6-12(15-11)10-3-2-8-14-9-10/h1-6,8-9H,7,13H2. The van der Waals surface area contributed by atoms with Crippen LogP contribution >= 0.6 is 0 Å². The molecule has 0 unspecified atom stereocenters. The van der Waals surface area contributed by atoms with Gasteiger partial charge < -0.3 is 10.2 Å². The summed E-state index contributed by atoms with van der Waals surface area (Å²) in [6, 6.07) is 7.68. The lowest BCUT2D eigenvalue weighted by molar-refractivity contribution is 0.571. The number of pyridine rings is 1. The van der Waals surface area contributed by atoms with Gasteiger partial charge in [-0.05, 0) is 30.3 Å². The lowest BCUT2D eigenvalue weighted by atomic mass is 10.2. The van der Waals surface area contributed by atoms with E-state index in [4.69, 9.17) is 10.2 Å². The Hall–Kier alpha value is -1.87. The topological polar surface area (TPSA) is 52.0 Å². The van der Waals surface area contributed by atoms with Gasteiger partial charge in [-0.25, -0.2) is 0 Å². The predicted molar refractivity (Wildman–Crippen MR) is 60.0 cm³/mol. The monoisotopic (exact) mass is 200 g/mol. The molecule has 0 aliphatic rings. The summed E-state index contributed by atoms with van der Waals surface area (Å²) in [4.78, 5) is 4.03. The minimum atomic E-state index is 0.517. The highest BCUT2D eigenvalue weighted by Gasteiger charge is 2.01. The first-order chi connectivity index (χ1) is 7.40. The highest BCUT2D eigenvalue weighted by molar-refractivity contribution is 5.58. The molecule has 0 fully saturated rings. The Bertz CT molecular complexity index is 446.